The average molecular weight is 254 g/mol. The zero-order valence-corrected chi connectivity index (χ0v) is 10.2. The van der Waals surface area contributed by atoms with Crippen molar-refractivity contribution in [1.82, 2.24) is 9.55 Å². The SMILES string of the molecule is Cn1ccnc1SCc1ccsc1C(=O)O. The van der Waals surface area contributed by atoms with Crippen molar-refractivity contribution in [3.63, 3.8) is 0 Å². The first kappa shape index (κ1) is 11.2. The Balaban J connectivity index is 2.08. The van der Waals surface area contributed by atoms with E-state index in [4.69, 9.17) is 5.11 Å². The molecule has 0 aliphatic carbocycles. The lowest BCUT2D eigenvalue weighted by Gasteiger charge is -2.01. The van der Waals surface area contributed by atoms with E-state index in [-0.39, 0.29) is 0 Å². The number of aromatic nitrogens is 2. The molecule has 2 aromatic rings. The molecule has 84 valence electrons. The molecule has 0 aliphatic heterocycles. The maximum atomic E-state index is 10.9. The fourth-order valence-electron chi connectivity index (χ4n) is 1.27. The number of carboxylic acids is 1. The molecule has 16 heavy (non-hydrogen) atoms. The molecule has 0 saturated heterocycles. The molecule has 0 fully saturated rings. The molecule has 0 aromatic carbocycles. The van der Waals surface area contributed by atoms with Gasteiger partial charge >= 0.3 is 5.97 Å². The summed E-state index contributed by atoms with van der Waals surface area (Å²) in [4.78, 5) is 15.5. The highest BCUT2D eigenvalue weighted by molar-refractivity contribution is 7.98. The van der Waals surface area contributed by atoms with Crippen LogP contribution in [0.3, 0.4) is 0 Å². The van der Waals surface area contributed by atoms with E-state index in [0.717, 1.165) is 10.7 Å². The Hall–Kier alpha value is -1.27. The Morgan fingerprint density at radius 1 is 1.69 bits per heavy atom. The van der Waals surface area contributed by atoms with Gasteiger partial charge in [-0.3, -0.25) is 0 Å². The van der Waals surface area contributed by atoms with Crippen LogP contribution in [-0.2, 0) is 12.8 Å². The van der Waals surface area contributed by atoms with Gasteiger partial charge in [0.15, 0.2) is 5.16 Å². The van der Waals surface area contributed by atoms with Crippen LogP contribution in [0.15, 0.2) is 29.0 Å². The number of carbonyl (C=O) groups is 1. The largest absolute Gasteiger partial charge is 0.477 e. The Morgan fingerprint density at radius 3 is 3.12 bits per heavy atom. The third kappa shape index (κ3) is 2.28. The van der Waals surface area contributed by atoms with Crippen molar-refractivity contribution in [2.45, 2.75) is 10.9 Å². The third-order valence-electron chi connectivity index (χ3n) is 2.07. The minimum absolute atomic E-state index is 0.418. The van der Waals surface area contributed by atoms with Gasteiger partial charge in [-0.2, -0.15) is 0 Å². The molecule has 0 amide bonds. The number of hydrogen-bond donors (Lipinski definition) is 1. The molecule has 0 saturated carbocycles. The van der Waals surface area contributed by atoms with Crippen molar-refractivity contribution in [2.75, 3.05) is 0 Å². The average Bonchev–Trinajstić information content (AvgIpc) is 2.83. The van der Waals surface area contributed by atoms with Gasteiger partial charge in [0.1, 0.15) is 4.88 Å². The zero-order valence-electron chi connectivity index (χ0n) is 8.58. The summed E-state index contributed by atoms with van der Waals surface area (Å²) in [5.74, 6) is -0.221. The van der Waals surface area contributed by atoms with Crippen molar-refractivity contribution in [1.29, 1.82) is 0 Å². The van der Waals surface area contributed by atoms with E-state index in [0.29, 0.717) is 10.6 Å². The second kappa shape index (κ2) is 4.71. The summed E-state index contributed by atoms with van der Waals surface area (Å²) in [6.45, 7) is 0. The number of carboxylic acid groups (broad SMARTS) is 1. The minimum atomic E-state index is -0.856. The lowest BCUT2D eigenvalue weighted by atomic mass is 10.3. The lowest BCUT2D eigenvalue weighted by Crippen LogP contribution is -1.97. The van der Waals surface area contributed by atoms with Gasteiger partial charge in [0, 0.05) is 25.2 Å². The Labute approximate surface area is 101 Å². The van der Waals surface area contributed by atoms with Crippen molar-refractivity contribution in [3.8, 4) is 0 Å². The highest BCUT2D eigenvalue weighted by Gasteiger charge is 2.12. The maximum Gasteiger partial charge on any atom is 0.346 e. The quantitative estimate of drug-likeness (QED) is 0.852. The normalized spacial score (nSPS) is 10.6. The van der Waals surface area contributed by atoms with Gasteiger partial charge in [-0.1, -0.05) is 11.8 Å². The second-order valence-electron chi connectivity index (χ2n) is 3.19. The van der Waals surface area contributed by atoms with Crippen LogP contribution < -0.4 is 0 Å². The lowest BCUT2D eigenvalue weighted by molar-refractivity contribution is 0.0701. The number of aromatic carboxylic acids is 1. The number of nitrogens with zero attached hydrogens (tertiary/aromatic N) is 2. The van der Waals surface area contributed by atoms with Crippen molar-refractivity contribution in [3.05, 3.63) is 34.3 Å². The molecule has 2 aromatic heterocycles. The number of thioether (sulfide) groups is 1. The summed E-state index contributed by atoms with van der Waals surface area (Å²) in [6, 6.07) is 1.85. The van der Waals surface area contributed by atoms with E-state index in [9.17, 15) is 4.79 Å². The smallest absolute Gasteiger partial charge is 0.346 e. The maximum absolute atomic E-state index is 10.9. The monoisotopic (exact) mass is 254 g/mol. The molecular weight excluding hydrogens is 244 g/mol. The Morgan fingerprint density at radius 2 is 2.50 bits per heavy atom. The molecule has 0 bridgehead atoms. The standard InChI is InChI=1S/C10H10N2O2S2/c1-12-4-3-11-10(12)16-6-7-2-5-15-8(7)9(13)14/h2-5H,6H2,1H3,(H,13,14). The van der Waals surface area contributed by atoms with Crippen LogP contribution in [-0.4, -0.2) is 20.6 Å². The molecule has 0 radical (unpaired) electrons. The summed E-state index contributed by atoms with van der Waals surface area (Å²) in [6.07, 6.45) is 3.60. The summed E-state index contributed by atoms with van der Waals surface area (Å²) in [5, 5.41) is 11.6. The molecule has 6 heteroatoms. The predicted molar refractivity (Wildman–Crippen MR) is 64.0 cm³/mol. The fourth-order valence-corrected chi connectivity index (χ4v) is 3.05. The molecule has 0 unspecified atom stereocenters. The molecule has 0 aliphatic rings. The van der Waals surface area contributed by atoms with E-state index < -0.39 is 5.97 Å². The number of hydrogen-bond acceptors (Lipinski definition) is 4. The van der Waals surface area contributed by atoms with Crippen molar-refractivity contribution >= 4 is 29.1 Å². The van der Waals surface area contributed by atoms with Crippen LogP contribution >= 0.6 is 23.1 Å². The summed E-state index contributed by atoms with van der Waals surface area (Å²) < 4.78 is 1.91. The topological polar surface area (TPSA) is 55.1 Å². The van der Waals surface area contributed by atoms with Crippen LogP contribution in [0.4, 0.5) is 0 Å². The Bertz CT molecular complexity index is 504. The molecule has 0 spiro atoms. The number of imidazole rings is 1. The Kier molecular flexibility index (Phi) is 3.31. The predicted octanol–water partition coefficient (Wildman–Crippen LogP) is 2.47. The summed E-state index contributed by atoms with van der Waals surface area (Å²) in [5.41, 5.74) is 0.852. The first-order valence-corrected chi connectivity index (χ1v) is 6.45. The second-order valence-corrected chi connectivity index (χ2v) is 5.05. The number of aryl methyl sites for hydroxylation is 1. The van der Waals surface area contributed by atoms with Crippen LogP contribution in [0.1, 0.15) is 15.2 Å². The molecule has 4 nitrogen and oxygen atoms in total. The third-order valence-corrected chi connectivity index (χ3v) is 4.13. The first-order valence-electron chi connectivity index (χ1n) is 4.58. The van der Waals surface area contributed by atoms with Crippen LogP contribution in [0, 0.1) is 0 Å². The van der Waals surface area contributed by atoms with E-state index in [2.05, 4.69) is 4.98 Å². The van der Waals surface area contributed by atoms with Crippen molar-refractivity contribution < 1.29 is 9.90 Å². The molecule has 2 rings (SSSR count). The summed E-state index contributed by atoms with van der Waals surface area (Å²) >= 11 is 2.80. The summed E-state index contributed by atoms with van der Waals surface area (Å²) in [7, 11) is 1.92. The highest BCUT2D eigenvalue weighted by atomic mass is 32.2. The van der Waals surface area contributed by atoms with Crippen LogP contribution in [0.2, 0.25) is 0 Å². The van der Waals surface area contributed by atoms with Crippen molar-refractivity contribution in [2.24, 2.45) is 7.05 Å². The van der Waals surface area contributed by atoms with Gasteiger partial charge in [0.05, 0.1) is 0 Å². The van der Waals surface area contributed by atoms with E-state index in [1.165, 1.54) is 23.1 Å². The van der Waals surface area contributed by atoms with Gasteiger partial charge in [-0.15, -0.1) is 11.3 Å². The van der Waals surface area contributed by atoms with E-state index in [1.807, 2.05) is 23.9 Å². The van der Waals surface area contributed by atoms with Crippen LogP contribution in [0.25, 0.3) is 0 Å². The van der Waals surface area contributed by atoms with Gasteiger partial charge in [-0.25, -0.2) is 9.78 Å². The van der Waals surface area contributed by atoms with Crippen LogP contribution in [0.5, 0.6) is 0 Å². The fraction of sp³-hybridized carbons (Fsp3) is 0.200. The van der Waals surface area contributed by atoms with Gasteiger partial charge in [-0.05, 0) is 17.0 Å². The van der Waals surface area contributed by atoms with Gasteiger partial charge < -0.3 is 9.67 Å². The molecule has 0 atom stereocenters. The highest BCUT2D eigenvalue weighted by Crippen LogP contribution is 2.25. The number of thiophene rings is 1. The number of rotatable bonds is 4. The molecule has 1 N–H and O–H groups in total. The molecule has 2 heterocycles. The minimum Gasteiger partial charge on any atom is -0.477 e. The van der Waals surface area contributed by atoms with E-state index >= 15 is 0 Å². The van der Waals surface area contributed by atoms with Gasteiger partial charge in [0.2, 0.25) is 0 Å². The first-order chi connectivity index (χ1) is 7.68. The zero-order chi connectivity index (χ0) is 11.5. The molecular formula is C10H10N2O2S2. The van der Waals surface area contributed by atoms with Gasteiger partial charge in [0.25, 0.3) is 0 Å². The van der Waals surface area contributed by atoms with E-state index in [1.54, 1.807) is 11.6 Å².